The highest BCUT2D eigenvalue weighted by Gasteiger charge is 2.04. The van der Waals surface area contributed by atoms with Crippen LogP contribution in [0.25, 0.3) is 0 Å². The van der Waals surface area contributed by atoms with E-state index in [1.165, 1.54) is 16.7 Å². The molecule has 0 amide bonds. The van der Waals surface area contributed by atoms with Gasteiger partial charge in [0.15, 0.2) is 0 Å². The number of nitrogens with one attached hydrogen (secondary N) is 2. The zero-order valence-corrected chi connectivity index (χ0v) is 14.5. The molecule has 2 N–H and O–H groups in total. The molecular weight excluding hydrogens is 296 g/mol. The number of hydrogen-bond donors (Lipinski definition) is 2. The van der Waals surface area contributed by atoms with E-state index in [4.69, 9.17) is 0 Å². The van der Waals surface area contributed by atoms with Crippen molar-refractivity contribution in [3.05, 3.63) is 70.9 Å². The first kappa shape index (κ1) is 16.0. The summed E-state index contributed by atoms with van der Waals surface area (Å²) >= 11 is 0. The number of anilines is 4. The second-order valence-electron chi connectivity index (χ2n) is 6.21. The van der Waals surface area contributed by atoms with E-state index in [-0.39, 0.29) is 0 Å². The fraction of sp³-hybridized carbons (Fsp3) is 0.200. The molecule has 0 aliphatic rings. The lowest BCUT2D eigenvalue weighted by Gasteiger charge is -2.11. The Kier molecular flexibility index (Phi) is 4.47. The van der Waals surface area contributed by atoms with Crippen molar-refractivity contribution in [1.82, 2.24) is 9.97 Å². The summed E-state index contributed by atoms with van der Waals surface area (Å²) < 4.78 is 0. The van der Waals surface area contributed by atoms with Gasteiger partial charge in [-0.3, -0.25) is 0 Å². The molecule has 2 aromatic carbocycles. The molecule has 0 radical (unpaired) electrons. The number of nitrogens with zero attached hydrogens (tertiary/aromatic N) is 2. The molecule has 122 valence electrons. The highest BCUT2D eigenvalue weighted by atomic mass is 15.1. The third-order valence-corrected chi connectivity index (χ3v) is 3.62. The number of hydrogen-bond acceptors (Lipinski definition) is 4. The van der Waals surface area contributed by atoms with Crippen molar-refractivity contribution in [1.29, 1.82) is 0 Å². The highest BCUT2D eigenvalue weighted by Crippen LogP contribution is 2.21. The molecule has 1 aromatic heterocycles. The van der Waals surface area contributed by atoms with Gasteiger partial charge in [0, 0.05) is 23.1 Å². The molecule has 24 heavy (non-hydrogen) atoms. The Morgan fingerprint density at radius 3 is 2.08 bits per heavy atom. The lowest BCUT2D eigenvalue weighted by atomic mass is 10.1. The van der Waals surface area contributed by atoms with Gasteiger partial charge in [-0.2, -0.15) is 4.98 Å². The van der Waals surface area contributed by atoms with E-state index < -0.39 is 0 Å². The van der Waals surface area contributed by atoms with Crippen LogP contribution in [0.3, 0.4) is 0 Å². The van der Waals surface area contributed by atoms with Crippen LogP contribution in [-0.2, 0) is 0 Å². The van der Waals surface area contributed by atoms with Gasteiger partial charge >= 0.3 is 0 Å². The number of aromatic nitrogens is 2. The van der Waals surface area contributed by atoms with Crippen molar-refractivity contribution in [2.24, 2.45) is 0 Å². The standard InChI is InChI=1S/C20H22N4/c1-13-6-5-7-17(9-13)23-20-21-16(4)12-19(24-20)22-18-10-14(2)8-15(3)11-18/h5-12H,1-4H3,(H2,21,22,23,24). The quantitative estimate of drug-likeness (QED) is 0.694. The normalized spacial score (nSPS) is 10.5. The number of rotatable bonds is 4. The van der Waals surface area contributed by atoms with Crippen LogP contribution >= 0.6 is 0 Å². The monoisotopic (exact) mass is 318 g/mol. The predicted molar refractivity (Wildman–Crippen MR) is 100 cm³/mol. The Labute approximate surface area is 143 Å². The molecule has 0 atom stereocenters. The fourth-order valence-electron chi connectivity index (χ4n) is 2.74. The predicted octanol–water partition coefficient (Wildman–Crippen LogP) is 5.20. The topological polar surface area (TPSA) is 49.8 Å². The fourth-order valence-corrected chi connectivity index (χ4v) is 2.74. The van der Waals surface area contributed by atoms with Crippen molar-refractivity contribution in [3.63, 3.8) is 0 Å². The first-order valence-electron chi connectivity index (χ1n) is 8.03. The van der Waals surface area contributed by atoms with Crippen LogP contribution in [0.1, 0.15) is 22.4 Å². The maximum Gasteiger partial charge on any atom is 0.229 e. The Hall–Kier alpha value is -2.88. The third-order valence-electron chi connectivity index (χ3n) is 3.62. The van der Waals surface area contributed by atoms with Crippen LogP contribution in [0.15, 0.2) is 48.5 Å². The minimum absolute atomic E-state index is 0.590. The van der Waals surface area contributed by atoms with Gasteiger partial charge in [0.2, 0.25) is 5.95 Å². The number of aryl methyl sites for hydroxylation is 4. The van der Waals surface area contributed by atoms with E-state index in [0.29, 0.717) is 5.95 Å². The van der Waals surface area contributed by atoms with Gasteiger partial charge in [0.05, 0.1) is 0 Å². The average Bonchev–Trinajstić information content (AvgIpc) is 2.45. The average molecular weight is 318 g/mol. The van der Waals surface area contributed by atoms with Crippen LogP contribution in [-0.4, -0.2) is 9.97 Å². The lowest BCUT2D eigenvalue weighted by Crippen LogP contribution is -2.02. The van der Waals surface area contributed by atoms with E-state index in [0.717, 1.165) is 22.9 Å². The highest BCUT2D eigenvalue weighted by molar-refractivity contribution is 5.61. The molecule has 0 aliphatic heterocycles. The summed E-state index contributed by atoms with van der Waals surface area (Å²) in [4.78, 5) is 9.05. The van der Waals surface area contributed by atoms with Crippen molar-refractivity contribution >= 4 is 23.1 Å². The molecule has 0 unspecified atom stereocenters. The smallest absolute Gasteiger partial charge is 0.229 e. The Bertz CT molecular complexity index is 851. The largest absolute Gasteiger partial charge is 0.340 e. The minimum Gasteiger partial charge on any atom is -0.340 e. The van der Waals surface area contributed by atoms with E-state index in [9.17, 15) is 0 Å². The van der Waals surface area contributed by atoms with Crippen LogP contribution in [0.5, 0.6) is 0 Å². The Morgan fingerprint density at radius 1 is 0.667 bits per heavy atom. The summed E-state index contributed by atoms with van der Waals surface area (Å²) in [7, 11) is 0. The molecule has 0 bridgehead atoms. The first-order valence-corrected chi connectivity index (χ1v) is 8.03. The molecular formula is C20H22N4. The zero-order valence-electron chi connectivity index (χ0n) is 14.5. The Morgan fingerprint density at radius 2 is 1.38 bits per heavy atom. The molecule has 0 saturated carbocycles. The molecule has 4 nitrogen and oxygen atoms in total. The molecule has 3 rings (SSSR count). The molecule has 0 fully saturated rings. The third kappa shape index (κ3) is 4.10. The van der Waals surface area contributed by atoms with Gasteiger partial charge < -0.3 is 10.6 Å². The van der Waals surface area contributed by atoms with Crippen LogP contribution in [0, 0.1) is 27.7 Å². The summed E-state index contributed by atoms with van der Waals surface area (Å²) in [5.74, 6) is 1.37. The summed E-state index contributed by atoms with van der Waals surface area (Å²) in [6.07, 6.45) is 0. The van der Waals surface area contributed by atoms with E-state index in [2.05, 4.69) is 71.7 Å². The van der Waals surface area contributed by atoms with Gasteiger partial charge in [0.25, 0.3) is 0 Å². The maximum atomic E-state index is 4.58. The van der Waals surface area contributed by atoms with E-state index in [1.807, 2.05) is 25.1 Å². The summed E-state index contributed by atoms with van der Waals surface area (Å²) in [6.45, 7) is 8.22. The first-order chi connectivity index (χ1) is 11.5. The van der Waals surface area contributed by atoms with Gasteiger partial charge in [-0.15, -0.1) is 0 Å². The maximum absolute atomic E-state index is 4.58. The van der Waals surface area contributed by atoms with Crippen LogP contribution in [0.2, 0.25) is 0 Å². The van der Waals surface area contributed by atoms with Crippen LogP contribution in [0.4, 0.5) is 23.1 Å². The van der Waals surface area contributed by atoms with Crippen molar-refractivity contribution in [2.75, 3.05) is 10.6 Å². The molecule has 3 aromatic rings. The van der Waals surface area contributed by atoms with Gasteiger partial charge in [-0.25, -0.2) is 4.98 Å². The van der Waals surface area contributed by atoms with Crippen molar-refractivity contribution in [3.8, 4) is 0 Å². The molecule has 1 heterocycles. The van der Waals surface area contributed by atoms with Crippen molar-refractivity contribution in [2.45, 2.75) is 27.7 Å². The lowest BCUT2D eigenvalue weighted by molar-refractivity contribution is 1.11. The van der Waals surface area contributed by atoms with Gasteiger partial charge in [0.1, 0.15) is 5.82 Å². The molecule has 0 spiro atoms. The van der Waals surface area contributed by atoms with Gasteiger partial charge in [-0.1, -0.05) is 18.2 Å². The molecule has 0 aliphatic carbocycles. The minimum atomic E-state index is 0.590. The van der Waals surface area contributed by atoms with E-state index >= 15 is 0 Å². The van der Waals surface area contributed by atoms with Gasteiger partial charge in [-0.05, 0) is 68.7 Å². The van der Waals surface area contributed by atoms with E-state index in [1.54, 1.807) is 0 Å². The van der Waals surface area contributed by atoms with Crippen LogP contribution < -0.4 is 10.6 Å². The number of benzene rings is 2. The summed E-state index contributed by atoms with van der Waals surface area (Å²) in [6, 6.07) is 16.5. The second kappa shape index (κ2) is 6.71. The SMILES string of the molecule is Cc1cc(C)cc(Nc2cc(C)nc(Nc3cccc(C)c3)n2)c1. The zero-order chi connectivity index (χ0) is 17.1. The molecule has 4 heteroatoms. The van der Waals surface area contributed by atoms with Crippen molar-refractivity contribution < 1.29 is 0 Å². The summed E-state index contributed by atoms with van der Waals surface area (Å²) in [5, 5.41) is 6.65. The second-order valence-corrected chi connectivity index (χ2v) is 6.21. The summed E-state index contributed by atoms with van der Waals surface area (Å²) in [5.41, 5.74) is 6.57. The Balaban J connectivity index is 1.85. The molecule has 0 saturated heterocycles.